The van der Waals surface area contributed by atoms with Gasteiger partial charge in [0.15, 0.2) is 0 Å². The molecule has 3 aromatic rings. The summed E-state index contributed by atoms with van der Waals surface area (Å²) in [5, 5.41) is 3.79. The number of carbonyl (C=O) groups excluding carboxylic acids is 1. The number of nitrogens with one attached hydrogen (secondary N) is 2. The van der Waals surface area contributed by atoms with Crippen molar-refractivity contribution in [2.75, 3.05) is 25.0 Å². The molecule has 26 heavy (non-hydrogen) atoms. The Morgan fingerprint density at radius 3 is 2.88 bits per heavy atom. The second kappa shape index (κ2) is 7.25. The number of likely N-dealkylation sites (tertiary alicyclic amines) is 1. The molecule has 0 bridgehead atoms. The molecule has 3 heterocycles. The number of hydrogen-bond donors (Lipinski definition) is 2. The quantitative estimate of drug-likeness (QED) is 0.755. The summed E-state index contributed by atoms with van der Waals surface area (Å²) in [5.74, 6) is 0.715. The molecule has 4 rings (SSSR count). The molecule has 0 saturated carbocycles. The fourth-order valence-corrected chi connectivity index (χ4v) is 3.68. The molecule has 1 aliphatic rings. The smallest absolute Gasteiger partial charge is 0.239 e. The zero-order chi connectivity index (χ0) is 17.9. The number of pyridine rings is 1. The van der Waals surface area contributed by atoms with Gasteiger partial charge in [-0.25, -0.2) is 9.37 Å². The van der Waals surface area contributed by atoms with Crippen molar-refractivity contribution in [3.63, 3.8) is 0 Å². The largest absolute Gasteiger partial charge is 0.361 e. The molecule has 0 atom stereocenters. The van der Waals surface area contributed by atoms with Gasteiger partial charge in [-0.1, -0.05) is 6.07 Å². The van der Waals surface area contributed by atoms with Crippen LogP contribution in [0.15, 0.2) is 48.8 Å². The Hall–Kier alpha value is -2.73. The van der Waals surface area contributed by atoms with Crippen LogP contribution in [0.3, 0.4) is 0 Å². The van der Waals surface area contributed by atoms with Gasteiger partial charge in [0.25, 0.3) is 0 Å². The SMILES string of the molecule is O=C(CN1CCC(c2c[nH]c3ccc(F)cc23)CC1)Nc1ccccn1. The maximum Gasteiger partial charge on any atom is 0.239 e. The van der Waals surface area contributed by atoms with Crippen LogP contribution in [0, 0.1) is 5.82 Å². The van der Waals surface area contributed by atoms with Crippen molar-refractivity contribution in [1.82, 2.24) is 14.9 Å². The fraction of sp³-hybridized carbons (Fsp3) is 0.300. The standard InChI is InChI=1S/C20H21FN4O/c21-15-4-5-18-16(11-15)17(12-23-18)14-6-9-25(10-7-14)13-20(26)24-19-3-1-2-8-22-19/h1-5,8,11-12,14,23H,6-7,9-10,13H2,(H,22,24,26). The molecule has 2 aromatic heterocycles. The van der Waals surface area contributed by atoms with Crippen LogP contribution in [-0.4, -0.2) is 40.4 Å². The average molecular weight is 352 g/mol. The van der Waals surface area contributed by atoms with Crippen LogP contribution in [0.25, 0.3) is 10.9 Å². The number of H-pyrrole nitrogens is 1. The Labute approximate surface area is 151 Å². The van der Waals surface area contributed by atoms with Gasteiger partial charge in [-0.15, -0.1) is 0 Å². The highest BCUT2D eigenvalue weighted by molar-refractivity contribution is 5.91. The average Bonchev–Trinajstić information content (AvgIpc) is 3.06. The van der Waals surface area contributed by atoms with Crippen LogP contribution in [0.4, 0.5) is 10.2 Å². The molecule has 0 radical (unpaired) electrons. The third kappa shape index (κ3) is 3.60. The number of aromatic amines is 1. The number of piperidine rings is 1. The Balaban J connectivity index is 1.35. The van der Waals surface area contributed by atoms with Gasteiger partial charge < -0.3 is 10.3 Å². The van der Waals surface area contributed by atoms with Crippen LogP contribution in [-0.2, 0) is 4.79 Å². The van der Waals surface area contributed by atoms with Gasteiger partial charge in [-0.05, 0) is 67.7 Å². The summed E-state index contributed by atoms with van der Waals surface area (Å²) < 4.78 is 13.6. The molecule has 1 fully saturated rings. The first-order valence-corrected chi connectivity index (χ1v) is 8.89. The first-order valence-electron chi connectivity index (χ1n) is 8.89. The summed E-state index contributed by atoms with van der Waals surface area (Å²) in [6, 6.07) is 10.3. The molecule has 1 amide bonds. The third-order valence-corrected chi connectivity index (χ3v) is 5.00. The van der Waals surface area contributed by atoms with E-state index in [9.17, 15) is 9.18 Å². The Morgan fingerprint density at radius 2 is 2.12 bits per heavy atom. The minimum atomic E-state index is -0.207. The number of halogens is 1. The number of aromatic nitrogens is 2. The molecule has 1 aliphatic heterocycles. The third-order valence-electron chi connectivity index (χ3n) is 5.00. The van der Waals surface area contributed by atoms with Crippen LogP contribution in [0.5, 0.6) is 0 Å². The van der Waals surface area contributed by atoms with Crippen molar-refractivity contribution in [2.45, 2.75) is 18.8 Å². The Bertz CT molecular complexity index is 901. The maximum absolute atomic E-state index is 13.6. The summed E-state index contributed by atoms with van der Waals surface area (Å²) in [6.45, 7) is 2.07. The molecule has 5 nitrogen and oxygen atoms in total. The first-order chi connectivity index (χ1) is 12.7. The van der Waals surface area contributed by atoms with Gasteiger partial charge in [0.1, 0.15) is 11.6 Å². The van der Waals surface area contributed by atoms with E-state index in [2.05, 4.69) is 20.2 Å². The van der Waals surface area contributed by atoms with Gasteiger partial charge in [0.2, 0.25) is 5.91 Å². The summed E-state index contributed by atoms with van der Waals surface area (Å²) in [5.41, 5.74) is 2.15. The van der Waals surface area contributed by atoms with E-state index in [0.717, 1.165) is 36.8 Å². The number of amides is 1. The lowest BCUT2D eigenvalue weighted by molar-refractivity contribution is -0.117. The number of hydrogen-bond acceptors (Lipinski definition) is 3. The van der Waals surface area contributed by atoms with Crippen molar-refractivity contribution in [3.8, 4) is 0 Å². The van der Waals surface area contributed by atoms with Crippen molar-refractivity contribution < 1.29 is 9.18 Å². The molecule has 0 spiro atoms. The van der Waals surface area contributed by atoms with Crippen LogP contribution in [0.1, 0.15) is 24.3 Å². The summed E-state index contributed by atoms with van der Waals surface area (Å²) in [7, 11) is 0. The van der Waals surface area contributed by atoms with Gasteiger partial charge in [0, 0.05) is 23.3 Å². The van der Waals surface area contributed by atoms with E-state index in [0.29, 0.717) is 18.3 Å². The number of benzene rings is 1. The van der Waals surface area contributed by atoms with E-state index in [1.807, 2.05) is 18.3 Å². The minimum absolute atomic E-state index is 0.0451. The molecule has 6 heteroatoms. The zero-order valence-corrected chi connectivity index (χ0v) is 14.4. The molecular weight excluding hydrogens is 331 g/mol. The Kier molecular flexibility index (Phi) is 4.67. The molecule has 2 N–H and O–H groups in total. The van der Waals surface area contributed by atoms with E-state index in [1.54, 1.807) is 24.4 Å². The van der Waals surface area contributed by atoms with E-state index < -0.39 is 0 Å². The highest BCUT2D eigenvalue weighted by Gasteiger charge is 2.24. The lowest BCUT2D eigenvalue weighted by Gasteiger charge is -2.31. The normalized spacial score (nSPS) is 16.0. The highest BCUT2D eigenvalue weighted by atomic mass is 19.1. The second-order valence-electron chi connectivity index (χ2n) is 6.75. The lowest BCUT2D eigenvalue weighted by Crippen LogP contribution is -2.38. The van der Waals surface area contributed by atoms with Crippen molar-refractivity contribution in [1.29, 1.82) is 0 Å². The predicted molar refractivity (Wildman–Crippen MR) is 99.5 cm³/mol. The summed E-state index contributed by atoms with van der Waals surface area (Å²) in [6.07, 6.45) is 5.57. The molecule has 134 valence electrons. The highest BCUT2D eigenvalue weighted by Crippen LogP contribution is 2.33. The minimum Gasteiger partial charge on any atom is -0.361 e. The molecule has 0 aliphatic carbocycles. The monoisotopic (exact) mass is 352 g/mol. The second-order valence-corrected chi connectivity index (χ2v) is 6.75. The van der Waals surface area contributed by atoms with Gasteiger partial charge >= 0.3 is 0 Å². The van der Waals surface area contributed by atoms with Crippen LogP contribution < -0.4 is 5.32 Å². The van der Waals surface area contributed by atoms with Gasteiger partial charge in [-0.3, -0.25) is 9.69 Å². The van der Waals surface area contributed by atoms with E-state index in [1.165, 1.54) is 11.6 Å². The molecule has 0 unspecified atom stereocenters. The summed E-state index contributed by atoms with van der Waals surface area (Å²) >= 11 is 0. The van der Waals surface area contributed by atoms with Crippen molar-refractivity contribution in [3.05, 3.63) is 60.2 Å². The number of carbonyl (C=O) groups is 1. The van der Waals surface area contributed by atoms with E-state index in [4.69, 9.17) is 0 Å². The van der Waals surface area contributed by atoms with Gasteiger partial charge in [0.05, 0.1) is 6.54 Å². The van der Waals surface area contributed by atoms with Crippen LogP contribution >= 0.6 is 0 Å². The molecular formula is C20H21FN4O. The predicted octanol–water partition coefficient (Wildman–Crippen LogP) is 3.52. The number of rotatable bonds is 4. The number of nitrogens with zero attached hydrogens (tertiary/aromatic N) is 2. The topological polar surface area (TPSA) is 61.0 Å². The van der Waals surface area contributed by atoms with E-state index in [-0.39, 0.29) is 11.7 Å². The summed E-state index contributed by atoms with van der Waals surface area (Å²) in [4.78, 5) is 21.7. The molecule has 1 aromatic carbocycles. The number of anilines is 1. The maximum atomic E-state index is 13.6. The Morgan fingerprint density at radius 1 is 1.27 bits per heavy atom. The van der Waals surface area contributed by atoms with Crippen molar-refractivity contribution >= 4 is 22.6 Å². The zero-order valence-electron chi connectivity index (χ0n) is 14.4. The first kappa shape index (κ1) is 16.7. The van der Waals surface area contributed by atoms with Crippen molar-refractivity contribution in [2.24, 2.45) is 0 Å². The number of fused-ring (bicyclic) bond motifs is 1. The molecule has 1 saturated heterocycles. The fourth-order valence-electron chi connectivity index (χ4n) is 3.68. The van der Waals surface area contributed by atoms with Gasteiger partial charge in [-0.2, -0.15) is 0 Å². The van der Waals surface area contributed by atoms with E-state index >= 15 is 0 Å². The van der Waals surface area contributed by atoms with Crippen LogP contribution in [0.2, 0.25) is 0 Å². The lowest BCUT2D eigenvalue weighted by atomic mass is 9.89.